The number of aryl methyl sites for hydroxylation is 2. The predicted molar refractivity (Wildman–Crippen MR) is 69.5 cm³/mol. The Hall–Kier alpha value is -1.89. The number of benzene rings is 1. The van der Waals surface area contributed by atoms with Crippen molar-refractivity contribution in [2.45, 2.75) is 12.1 Å². The van der Waals surface area contributed by atoms with Gasteiger partial charge in [0.25, 0.3) is 0 Å². The van der Waals surface area contributed by atoms with Gasteiger partial charge in [-0.05, 0) is 30.7 Å². The van der Waals surface area contributed by atoms with Crippen LogP contribution in [0.3, 0.4) is 0 Å². The summed E-state index contributed by atoms with van der Waals surface area (Å²) in [5.41, 5.74) is 1.22. The molecule has 0 saturated heterocycles. The van der Waals surface area contributed by atoms with Crippen molar-refractivity contribution in [2.75, 3.05) is 5.75 Å². The van der Waals surface area contributed by atoms with Gasteiger partial charge in [0, 0.05) is 12.6 Å². The third-order valence-corrected chi connectivity index (χ3v) is 3.47. The fourth-order valence-electron chi connectivity index (χ4n) is 1.53. The fraction of sp³-hybridized carbons (Fsp3) is 0.250. The molecule has 5 nitrogen and oxygen atoms in total. The first-order chi connectivity index (χ1) is 8.97. The maximum atomic E-state index is 13.2. The van der Waals surface area contributed by atoms with E-state index in [9.17, 15) is 9.18 Å². The highest BCUT2D eigenvalue weighted by Crippen LogP contribution is 2.22. The van der Waals surface area contributed by atoms with Gasteiger partial charge in [-0.2, -0.15) is 5.10 Å². The lowest BCUT2D eigenvalue weighted by Crippen LogP contribution is -2.00. The maximum absolute atomic E-state index is 13.2. The van der Waals surface area contributed by atoms with Crippen molar-refractivity contribution in [3.05, 3.63) is 29.6 Å². The van der Waals surface area contributed by atoms with Crippen LogP contribution in [0.5, 0.6) is 0 Å². The molecule has 19 heavy (non-hydrogen) atoms. The minimum atomic E-state index is -0.910. The molecular weight excluding hydrogens is 269 g/mol. The highest BCUT2D eigenvalue weighted by molar-refractivity contribution is 7.99. The molecule has 0 amide bonds. The number of nitrogens with zero attached hydrogens (tertiary/aromatic N) is 3. The number of thioether (sulfide) groups is 1. The highest BCUT2D eigenvalue weighted by Gasteiger charge is 2.12. The van der Waals surface area contributed by atoms with E-state index in [0.29, 0.717) is 22.1 Å². The summed E-state index contributed by atoms with van der Waals surface area (Å²) in [4.78, 5) is 14.8. The largest absolute Gasteiger partial charge is 0.481 e. The van der Waals surface area contributed by atoms with E-state index in [0.717, 1.165) is 11.8 Å². The summed E-state index contributed by atoms with van der Waals surface area (Å²) in [6.07, 6.45) is 0. The van der Waals surface area contributed by atoms with Crippen LogP contribution < -0.4 is 0 Å². The first-order valence-electron chi connectivity index (χ1n) is 5.49. The van der Waals surface area contributed by atoms with E-state index < -0.39 is 5.97 Å². The second-order valence-corrected chi connectivity index (χ2v) is 4.93. The summed E-state index contributed by atoms with van der Waals surface area (Å²) in [6, 6.07) is 4.63. The monoisotopic (exact) mass is 281 g/mol. The number of aliphatic carboxylic acids is 1. The first-order valence-corrected chi connectivity index (χ1v) is 6.48. The summed E-state index contributed by atoms with van der Waals surface area (Å²) < 4.78 is 14.7. The molecular formula is C12H12FN3O2S. The number of rotatable bonds is 4. The van der Waals surface area contributed by atoms with Gasteiger partial charge in [0.2, 0.25) is 0 Å². The van der Waals surface area contributed by atoms with E-state index in [4.69, 9.17) is 5.11 Å². The Balaban J connectivity index is 2.28. The molecule has 0 fully saturated rings. The number of carboxylic acid groups (broad SMARTS) is 1. The molecule has 2 rings (SSSR count). The van der Waals surface area contributed by atoms with Gasteiger partial charge in [-0.3, -0.25) is 4.79 Å². The topological polar surface area (TPSA) is 68.0 Å². The van der Waals surface area contributed by atoms with E-state index in [1.807, 2.05) is 0 Å². The molecule has 0 aliphatic carbocycles. The standard InChI is InChI=1S/C12H12FN3O2S/c1-7-5-8(3-4-9(7)13)11-14-12(16(2)15-11)19-6-10(17)18/h3-5H,6H2,1-2H3,(H,17,18). The van der Waals surface area contributed by atoms with E-state index in [-0.39, 0.29) is 11.6 Å². The van der Waals surface area contributed by atoms with Gasteiger partial charge in [-0.25, -0.2) is 14.1 Å². The van der Waals surface area contributed by atoms with Gasteiger partial charge in [-0.1, -0.05) is 11.8 Å². The molecule has 0 spiro atoms. The third kappa shape index (κ3) is 3.11. The van der Waals surface area contributed by atoms with Crippen LogP contribution in [0.4, 0.5) is 4.39 Å². The van der Waals surface area contributed by atoms with Crippen molar-refractivity contribution in [2.24, 2.45) is 7.05 Å². The highest BCUT2D eigenvalue weighted by atomic mass is 32.2. The van der Waals surface area contributed by atoms with Crippen molar-refractivity contribution in [3.8, 4) is 11.4 Å². The SMILES string of the molecule is Cc1cc(-c2nc(SCC(=O)O)n(C)n2)ccc1F. The maximum Gasteiger partial charge on any atom is 0.313 e. The van der Waals surface area contributed by atoms with Crippen molar-refractivity contribution in [3.63, 3.8) is 0 Å². The molecule has 0 radical (unpaired) electrons. The summed E-state index contributed by atoms with van der Waals surface area (Å²) in [7, 11) is 1.69. The van der Waals surface area contributed by atoms with E-state index in [1.54, 1.807) is 26.1 Å². The van der Waals surface area contributed by atoms with E-state index in [1.165, 1.54) is 10.7 Å². The molecule has 7 heteroatoms. The van der Waals surface area contributed by atoms with Gasteiger partial charge >= 0.3 is 5.97 Å². The molecule has 1 aromatic heterocycles. The van der Waals surface area contributed by atoms with Crippen LogP contribution in [0.15, 0.2) is 23.4 Å². The summed E-state index contributed by atoms with van der Waals surface area (Å²) >= 11 is 1.09. The van der Waals surface area contributed by atoms with Crippen LogP contribution >= 0.6 is 11.8 Å². The lowest BCUT2D eigenvalue weighted by molar-refractivity contribution is -0.133. The molecule has 1 N–H and O–H groups in total. The van der Waals surface area contributed by atoms with Gasteiger partial charge in [0.1, 0.15) is 5.82 Å². The molecule has 0 aliphatic heterocycles. The number of carboxylic acids is 1. The molecule has 1 heterocycles. The van der Waals surface area contributed by atoms with Crippen molar-refractivity contribution >= 4 is 17.7 Å². The van der Waals surface area contributed by atoms with Gasteiger partial charge in [0.15, 0.2) is 11.0 Å². The van der Waals surface area contributed by atoms with E-state index >= 15 is 0 Å². The molecule has 1 aromatic carbocycles. The number of carbonyl (C=O) groups is 1. The number of halogens is 1. The number of aromatic nitrogens is 3. The normalized spacial score (nSPS) is 10.7. The predicted octanol–water partition coefficient (Wildman–Crippen LogP) is 2.11. The Morgan fingerprint density at radius 1 is 1.53 bits per heavy atom. The van der Waals surface area contributed by atoms with Crippen molar-refractivity contribution < 1.29 is 14.3 Å². The lowest BCUT2D eigenvalue weighted by atomic mass is 10.1. The van der Waals surface area contributed by atoms with Gasteiger partial charge in [-0.15, -0.1) is 0 Å². The number of hydrogen-bond acceptors (Lipinski definition) is 4. The minimum absolute atomic E-state index is 0.0750. The Morgan fingerprint density at radius 2 is 2.26 bits per heavy atom. The van der Waals surface area contributed by atoms with Gasteiger partial charge < -0.3 is 5.11 Å². The quantitative estimate of drug-likeness (QED) is 0.869. The van der Waals surface area contributed by atoms with Crippen LogP contribution in [-0.4, -0.2) is 31.6 Å². The van der Waals surface area contributed by atoms with Gasteiger partial charge in [0.05, 0.1) is 5.75 Å². The van der Waals surface area contributed by atoms with Crippen molar-refractivity contribution in [1.82, 2.24) is 14.8 Å². The molecule has 2 aromatic rings. The molecule has 0 saturated carbocycles. The fourth-order valence-corrected chi connectivity index (χ4v) is 2.16. The third-order valence-electron chi connectivity index (χ3n) is 2.46. The Morgan fingerprint density at radius 3 is 2.89 bits per heavy atom. The Kier molecular flexibility index (Phi) is 3.84. The zero-order chi connectivity index (χ0) is 14.0. The van der Waals surface area contributed by atoms with Crippen LogP contribution in [0, 0.1) is 12.7 Å². The average molecular weight is 281 g/mol. The summed E-state index contributed by atoms with van der Waals surface area (Å²) in [5, 5.41) is 13.3. The lowest BCUT2D eigenvalue weighted by Gasteiger charge is -1.98. The first kappa shape index (κ1) is 13.5. The smallest absolute Gasteiger partial charge is 0.313 e. The zero-order valence-electron chi connectivity index (χ0n) is 10.4. The van der Waals surface area contributed by atoms with E-state index in [2.05, 4.69) is 10.1 Å². The minimum Gasteiger partial charge on any atom is -0.481 e. The molecule has 0 bridgehead atoms. The number of hydrogen-bond donors (Lipinski definition) is 1. The molecule has 0 atom stereocenters. The molecule has 0 aliphatic rings. The molecule has 0 unspecified atom stereocenters. The average Bonchev–Trinajstić information content (AvgIpc) is 2.71. The van der Waals surface area contributed by atoms with Crippen molar-refractivity contribution in [1.29, 1.82) is 0 Å². The van der Waals surface area contributed by atoms with Crippen LogP contribution in [0.2, 0.25) is 0 Å². The summed E-state index contributed by atoms with van der Waals surface area (Å²) in [6.45, 7) is 1.67. The Labute approximate surface area is 113 Å². The second-order valence-electron chi connectivity index (χ2n) is 3.99. The van der Waals surface area contributed by atoms with Crippen LogP contribution in [0.1, 0.15) is 5.56 Å². The van der Waals surface area contributed by atoms with Crippen LogP contribution in [-0.2, 0) is 11.8 Å². The zero-order valence-corrected chi connectivity index (χ0v) is 11.2. The Bertz CT molecular complexity index is 627. The molecule has 100 valence electrons. The summed E-state index contributed by atoms with van der Waals surface area (Å²) in [5.74, 6) is -0.806. The van der Waals surface area contributed by atoms with Crippen LogP contribution in [0.25, 0.3) is 11.4 Å². The second kappa shape index (κ2) is 5.40.